The number of carbonyl (C=O) groups excluding carboxylic acids is 1. The monoisotopic (exact) mass is 531 g/mol. The number of rotatable bonds is 11. The fourth-order valence-electron chi connectivity index (χ4n) is 3.45. The van der Waals surface area contributed by atoms with Gasteiger partial charge in [0.25, 0.3) is 0 Å². The summed E-state index contributed by atoms with van der Waals surface area (Å²) in [7, 11) is 3.06. The van der Waals surface area contributed by atoms with Gasteiger partial charge in [-0.05, 0) is 77.6 Å². The van der Waals surface area contributed by atoms with Gasteiger partial charge in [0.1, 0.15) is 0 Å². The molecular formula is C31H30ClNO5. The van der Waals surface area contributed by atoms with Gasteiger partial charge < -0.3 is 18.9 Å². The molecule has 0 aliphatic rings. The van der Waals surface area contributed by atoms with Crippen molar-refractivity contribution in [3.05, 3.63) is 88.5 Å². The van der Waals surface area contributed by atoms with E-state index in [0.717, 1.165) is 17.5 Å². The number of methoxy groups -OCH3 is 2. The summed E-state index contributed by atoms with van der Waals surface area (Å²) in [5.41, 5.74) is 2.67. The molecule has 0 radical (unpaired) electrons. The van der Waals surface area contributed by atoms with Crippen molar-refractivity contribution in [1.82, 2.24) is 0 Å². The zero-order valence-electron chi connectivity index (χ0n) is 21.9. The molecule has 3 rings (SSSR count). The molecule has 0 saturated heterocycles. The Morgan fingerprint density at radius 1 is 0.921 bits per heavy atom. The van der Waals surface area contributed by atoms with E-state index >= 15 is 0 Å². The molecule has 0 bridgehead atoms. The average molecular weight is 532 g/mol. The molecule has 0 aliphatic heterocycles. The molecule has 0 aliphatic carbocycles. The summed E-state index contributed by atoms with van der Waals surface area (Å²) in [6, 6.07) is 19.7. The molecule has 196 valence electrons. The van der Waals surface area contributed by atoms with Gasteiger partial charge in [0.2, 0.25) is 0 Å². The van der Waals surface area contributed by atoms with Gasteiger partial charge >= 0.3 is 5.97 Å². The Labute approximate surface area is 228 Å². The lowest BCUT2D eigenvalue weighted by atomic mass is 10.0. The minimum absolute atomic E-state index is 0.260. The third kappa shape index (κ3) is 8.16. The van der Waals surface area contributed by atoms with E-state index in [1.54, 1.807) is 67.8 Å². The summed E-state index contributed by atoms with van der Waals surface area (Å²) < 4.78 is 22.2. The molecule has 0 atom stereocenters. The van der Waals surface area contributed by atoms with Crippen molar-refractivity contribution in [2.24, 2.45) is 5.92 Å². The SMILES string of the molecule is COc1cc(/C=C/C(=O)Oc2ccc(/C=C(\C#N)c3ccc(Cl)cc3)cc2OC)ccc1OCCC(C)C. The van der Waals surface area contributed by atoms with Gasteiger partial charge in [-0.3, -0.25) is 0 Å². The molecule has 0 unspecified atom stereocenters. The standard InChI is InChI=1S/C31H30ClNO5/c1-21(2)15-16-37-27-12-5-22(18-29(27)35-3)7-14-31(34)38-28-13-6-23(19-30(28)36-4)17-25(20-33)24-8-10-26(32)11-9-24/h5-14,17-19,21H,15-16H2,1-4H3/b14-7+,25-17+. The van der Waals surface area contributed by atoms with Crippen molar-refractivity contribution in [3.8, 4) is 29.1 Å². The summed E-state index contributed by atoms with van der Waals surface area (Å²) in [5, 5.41) is 10.2. The van der Waals surface area contributed by atoms with E-state index in [9.17, 15) is 10.1 Å². The second-order valence-corrected chi connectivity index (χ2v) is 9.22. The number of allylic oxidation sites excluding steroid dienone is 1. The lowest BCUT2D eigenvalue weighted by Crippen LogP contribution is -2.05. The average Bonchev–Trinajstić information content (AvgIpc) is 2.92. The Morgan fingerprint density at radius 3 is 2.21 bits per heavy atom. The van der Waals surface area contributed by atoms with Gasteiger partial charge in [-0.25, -0.2) is 4.79 Å². The number of ether oxygens (including phenoxy) is 4. The minimum atomic E-state index is -0.568. The van der Waals surface area contributed by atoms with Crippen LogP contribution in [0.25, 0.3) is 17.7 Å². The first-order chi connectivity index (χ1) is 18.3. The zero-order chi connectivity index (χ0) is 27.5. The fraction of sp³-hybridized carbons (Fsp3) is 0.226. The van der Waals surface area contributed by atoms with Crippen LogP contribution in [0.15, 0.2) is 66.7 Å². The van der Waals surface area contributed by atoms with Crippen molar-refractivity contribution in [1.29, 1.82) is 5.26 Å². The molecule has 38 heavy (non-hydrogen) atoms. The fourth-order valence-corrected chi connectivity index (χ4v) is 3.58. The Hall–Kier alpha value is -4.21. The molecule has 0 spiro atoms. The van der Waals surface area contributed by atoms with E-state index in [2.05, 4.69) is 19.9 Å². The van der Waals surface area contributed by atoms with Crippen LogP contribution in [0.5, 0.6) is 23.0 Å². The van der Waals surface area contributed by atoms with Crippen LogP contribution in [0.2, 0.25) is 5.02 Å². The van der Waals surface area contributed by atoms with Crippen LogP contribution in [-0.4, -0.2) is 26.8 Å². The van der Waals surface area contributed by atoms with Crippen LogP contribution in [0.3, 0.4) is 0 Å². The predicted molar refractivity (Wildman–Crippen MR) is 151 cm³/mol. The first-order valence-electron chi connectivity index (χ1n) is 12.1. The normalized spacial score (nSPS) is 11.3. The lowest BCUT2D eigenvalue weighted by Gasteiger charge is -2.12. The highest BCUT2D eigenvalue weighted by molar-refractivity contribution is 6.30. The number of nitriles is 1. The van der Waals surface area contributed by atoms with E-state index in [1.165, 1.54) is 13.2 Å². The van der Waals surface area contributed by atoms with Gasteiger partial charge in [-0.1, -0.05) is 49.7 Å². The number of hydrogen-bond donors (Lipinski definition) is 0. The molecule has 0 fully saturated rings. The first-order valence-corrected chi connectivity index (χ1v) is 12.5. The van der Waals surface area contributed by atoms with Crippen LogP contribution in [0, 0.1) is 17.2 Å². The van der Waals surface area contributed by atoms with E-state index in [-0.39, 0.29) is 5.75 Å². The molecule has 3 aromatic carbocycles. The third-order valence-corrected chi connectivity index (χ3v) is 5.79. The minimum Gasteiger partial charge on any atom is -0.493 e. The summed E-state index contributed by atoms with van der Waals surface area (Å²) >= 11 is 5.94. The van der Waals surface area contributed by atoms with Crippen molar-refractivity contribution in [2.75, 3.05) is 20.8 Å². The second kappa shape index (κ2) is 13.9. The summed E-state index contributed by atoms with van der Waals surface area (Å²) in [5.74, 6) is 1.84. The van der Waals surface area contributed by atoms with E-state index in [4.69, 9.17) is 30.5 Å². The Bertz CT molecular complexity index is 1350. The Balaban J connectivity index is 1.70. The quantitative estimate of drug-likeness (QED) is 0.0839. The van der Waals surface area contributed by atoms with Crippen LogP contribution in [0.1, 0.15) is 37.0 Å². The maximum atomic E-state index is 12.5. The second-order valence-electron chi connectivity index (χ2n) is 8.78. The molecule has 0 heterocycles. The highest BCUT2D eigenvalue weighted by Gasteiger charge is 2.11. The van der Waals surface area contributed by atoms with Crippen LogP contribution < -0.4 is 18.9 Å². The molecule has 6 nitrogen and oxygen atoms in total. The van der Waals surface area contributed by atoms with Gasteiger partial charge in [0.05, 0.1) is 32.5 Å². The van der Waals surface area contributed by atoms with Gasteiger partial charge in [0, 0.05) is 11.1 Å². The van der Waals surface area contributed by atoms with Gasteiger partial charge in [-0.15, -0.1) is 0 Å². The van der Waals surface area contributed by atoms with Crippen molar-refractivity contribution >= 4 is 35.3 Å². The molecular weight excluding hydrogens is 502 g/mol. The maximum absolute atomic E-state index is 12.5. The summed E-state index contributed by atoms with van der Waals surface area (Å²) in [6.07, 6.45) is 5.63. The molecule has 0 aromatic heterocycles. The number of esters is 1. The van der Waals surface area contributed by atoms with E-state index < -0.39 is 5.97 Å². The van der Waals surface area contributed by atoms with Gasteiger partial charge in [-0.2, -0.15) is 5.26 Å². The molecule has 3 aromatic rings. The topological polar surface area (TPSA) is 77.8 Å². The molecule has 0 amide bonds. The number of carbonyl (C=O) groups is 1. The highest BCUT2D eigenvalue weighted by Crippen LogP contribution is 2.31. The van der Waals surface area contributed by atoms with Crippen molar-refractivity contribution < 1.29 is 23.7 Å². The number of hydrogen-bond acceptors (Lipinski definition) is 6. The van der Waals surface area contributed by atoms with Crippen LogP contribution >= 0.6 is 11.6 Å². The molecule has 7 heteroatoms. The van der Waals surface area contributed by atoms with Crippen molar-refractivity contribution in [3.63, 3.8) is 0 Å². The number of halogens is 1. The van der Waals surface area contributed by atoms with Crippen LogP contribution in [0.4, 0.5) is 0 Å². The van der Waals surface area contributed by atoms with Crippen LogP contribution in [-0.2, 0) is 4.79 Å². The third-order valence-electron chi connectivity index (χ3n) is 5.54. The van der Waals surface area contributed by atoms with E-state index in [0.29, 0.717) is 45.9 Å². The Morgan fingerprint density at radius 2 is 1.55 bits per heavy atom. The van der Waals surface area contributed by atoms with E-state index in [1.807, 2.05) is 12.1 Å². The largest absolute Gasteiger partial charge is 0.493 e. The first kappa shape index (κ1) is 28.4. The molecule has 0 N–H and O–H groups in total. The lowest BCUT2D eigenvalue weighted by molar-refractivity contribution is -0.129. The smallest absolute Gasteiger partial charge is 0.336 e. The molecule has 0 saturated carbocycles. The summed E-state index contributed by atoms with van der Waals surface area (Å²) in [4.78, 5) is 12.5. The Kier molecular flexibility index (Phi) is 10.4. The number of nitrogens with zero attached hydrogens (tertiary/aromatic N) is 1. The van der Waals surface area contributed by atoms with Crippen molar-refractivity contribution in [2.45, 2.75) is 20.3 Å². The van der Waals surface area contributed by atoms with Gasteiger partial charge in [0.15, 0.2) is 23.0 Å². The predicted octanol–water partition coefficient (Wildman–Crippen LogP) is 7.47. The summed E-state index contributed by atoms with van der Waals surface area (Å²) in [6.45, 7) is 4.88. The zero-order valence-corrected chi connectivity index (χ0v) is 22.6. The highest BCUT2D eigenvalue weighted by atomic mass is 35.5. The maximum Gasteiger partial charge on any atom is 0.336 e. The number of benzene rings is 3.